The number of hydrogen-bond donors (Lipinski definition) is 0. The molecule has 0 unspecified atom stereocenters. The first-order valence-corrected chi connectivity index (χ1v) is 23.7. The van der Waals surface area contributed by atoms with E-state index in [1.54, 1.807) is 12.3 Å². The molecule has 3 heterocycles. The van der Waals surface area contributed by atoms with Crippen LogP contribution in [-0.4, -0.2) is 15.0 Å². The predicted molar refractivity (Wildman–Crippen MR) is 281 cm³/mol. The van der Waals surface area contributed by atoms with Crippen LogP contribution in [0.2, 0.25) is 0 Å². The second-order valence-electron chi connectivity index (χ2n) is 18.1. The Morgan fingerprint density at radius 3 is 1.42 bits per heavy atom. The molecule has 0 aliphatic heterocycles. The molecule has 3 aromatic heterocycles. The van der Waals surface area contributed by atoms with Gasteiger partial charge in [0.15, 0.2) is 0 Å². The van der Waals surface area contributed by atoms with E-state index in [2.05, 4.69) is 132 Å². The Bertz CT molecular complexity index is 3510. The zero-order valence-electron chi connectivity index (χ0n) is 40.0. The molecule has 0 saturated heterocycles. The zero-order valence-corrected chi connectivity index (χ0v) is 42.4. The van der Waals surface area contributed by atoms with E-state index in [4.69, 9.17) is 0 Å². The maximum Gasteiger partial charge on any atom is 3.00 e. The molecule has 0 N–H and O–H groups in total. The Balaban J connectivity index is 0.00000640. The van der Waals surface area contributed by atoms with Gasteiger partial charge in [0.1, 0.15) is 11.6 Å². The molecule has 7 heteroatoms. The third kappa shape index (κ3) is 11.1. The minimum absolute atomic E-state index is 0. The van der Waals surface area contributed by atoms with E-state index in [-0.39, 0.29) is 36.8 Å². The number of aryl methyl sites for hydroxylation is 7. The second kappa shape index (κ2) is 22.0. The van der Waals surface area contributed by atoms with Crippen LogP contribution in [0.15, 0.2) is 182 Å². The van der Waals surface area contributed by atoms with E-state index in [9.17, 15) is 5.26 Å². The zero-order chi connectivity index (χ0) is 48.8. The first-order valence-electron chi connectivity index (χ1n) is 23.7. The van der Waals surface area contributed by atoms with Crippen molar-refractivity contribution < 1.29 is 28.9 Å². The minimum Gasteiger partial charge on any atom is -0.305 e. The van der Waals surface area contributed by atoms with Crippen LogP contribution in [0.1, 0.15) is 44.5 Å². The van der Waals surface area contributed by atoms with Gasteiger partial charge in [-0.25, -0.2) is 8.78 Å². The van der Waals surface area contributed by atoms with Gasteiger partial charge in [0.25, 0.3) is 0 Å². The van der Waals surface area contributed by atoms with Crippen molar-refractivity contribution in [2.75, 3.05) is 0 Å². The van der Waals surface area contributed by atoms with Crippen LogP contribution in [0.3, 0.4) is 0 Å². The maximum atomic E-state index is 16.4. The molecule has 10 rings (SSSR count). The molecular formula is C65H47F2IrN4. The molecule has 0 radical (unpaired) electrons. The van der Waals surface area contributed by atoms with E-state index in [1.807, 2.05) is 73.9 Å². The van der Waals surface area contributed by atoms with Gasteiger partial charge in [0.05, 0.1) is 11.6 Å². The summed E-state index contributed by atoms with van der Waals surface area (Å²) in [5.41, 5.74) is 19.1. The molecule has 10 aromatic rings. The van der Waals surface area contributed by atoms with E-state index in [1.165, 1.54) is 40.5 Å². The summed E-state index contributed by atoms with van der Waals surface area (Å²) >= 11 is 0. The van der Waals surface area contributed by atoms with Crippen molar-refractivity contribution >= 4 is 0 Å². The van der Waals surface area contributed by atoms with Crippen molar-refractivity contribution in [3.63, 3.8) is 0 Å². The van der Waals surface area contributed by atoms with Crippen LogP contribution in [0.5, 0.6) is 0 Å². The summed E-state index contributed by atoms with van der Waals surface area (Å²) in [5.74, 6) is -1.24. The van der Waals surface area contributed by atoms with Gasteiger partial charge < -0.3 is 15.0 Å². The number of nitriles is 1. The van der Waals surface area contributed by atoms with Crippen molar-refractivity contribution in [2.24, 2.45) is 0 Å². The molecule has 0 amide bonds. The van der Waals surface area contributed by atoms with Crippen molar-refractivity contribution in [3.8, 4) is 84.3 Å². The van der Waals surface area contributed by atoms with Crippen molar-refractivity contribution in [2.45, 2.75) is 46.5 Å². The summed E-state index contributed by atoms with van der Waals surface area (Å²) in [6, 6.07) is 65.5. The van der Waals surface area contributed by atoms with E-state index < -0.39 is 11.6 Å². The van der Waals surface area contributed by atoms with Crippen LogP contribution in [-0.2, 0) is 45.8 Å². The van der Waals surface area contributed by atoms with Crippen LogP contribution < -0.4 is 0 Å². The predicted octanol–water partition coefficient (Wildman–Crippen LogP) is 15.6. The number of halogens is 2. The van der Waals surface area contributed by atoms with Gasteiger partial charge in [0.2, 0.25) is 0 Å². The summed E-state index contributed by atoms with van der Waals surface area (Å²) in [6.07, 6.45) is 8.73. The summed E-state index contributed by atoms with van der Waals surface area (Å²) in [5, 5.41) is 9.32. The molecule has 0 bridgehead atoms. The molecular weight excluding hydrogens is 1070 g/mol. The van der Waals surface area contributed by atoms with E-state index in [0.717, 1.165) is 110 Å². The summed E-state index contributed by atoms with van der Waals surface area (Å²) in [6.45, 7) is 6.16. The van der Waals surface area contributed by atoms with Crippen molar-refractivity contribution in [3.05, 3.63) is 257 Å². The smallest absolute Gasteiger partial charge is 0.305 e. The van der Waals surface area contributed by atoms with Gasteiger partial charge in [-0.05, 0) is 115 Å². The number of nitrogens with zero attached hydrogens (tertiary/aromatic N) is 4. The number of pyridine rings is 3. The van der Waals surface area contributed by atoms with Crippen LogP contribution >= 0.6 is 0 Å². The molecule has 7 aromatic carbocycles. The van der Waals surface area contributed by atoms with Gasteiger partial charge in [-0.15, -0.1) is 94.5 Å². The summed E-state index contributed by atoms with van der Waals surface area (Å²) in [7, 11) is 0. The first kappa shape index (κ1) is 49.0. The number of benzene rings is 7. The van der Waals surface area contributed by atoms with Crippen molar-refractivity contribution in [1.82, 2.24) is 15.0 Å². The number of hydrogen-bond acceptors (Lipinski definition) is 4. The Kier molecular flexibility index (Phi) is 14.9. The fraction of sp³-hybridized carbons (Fsp3) is 0.108. The fourth-order valence-electron chi connectivity index (χ4n) is 9.15. The first-order chi connectivity index (χ1) is 34.6. The SMILES string of the molecule is Cc1ccnc(-c2[c-]cc(CCc3cc(CCc4c[c-]c(-c5cc(C)ccn5)cc4)cc(-c4ccccc4-c4c[c-]c(-c5cc(C)ccn5)cc4-c4ccc(-c5ccc(C#N)cc5F)c(F)c4)c3)cc2)c1.[Ir+3]. The third-order valence-corrected chi connectivity index (χ3v) is 12.9. The monoisotopic (exact) mass is 1110 g/mol. The maximum absolute atomic E-state index is 16.4. The average molecular weight is 1110 g/mol. The van der Waals surface area contributed by atoms with Gasteiger partial charge >= 0.3 is 20.1 Å². The normalized spacial score (nSPS) is 10.9. The minimum atomic E-state index is -0.659. The van der Waals surface area contributed by atoms with Gasteiger partial charge in [-0.3, -0.25) is 0 Å². The molecule has 0 spiro atoms. The van der Waals surface area contributed by atoms with Gasteiger partial charge in [-0.1, -0.05) is 125 Å². The molecule has 72 heavy (non-hydrogen) atoms. The standard InChI is InChI=1S/C65H47F2N4.Ir/c1-42-26-29-69-63(32-42)50-17-12-45(13-18-50)8-10-47-35-48(11-9-46-14-19-51(20-15-46)64-33-43(2)27-30-70-64)37-54(36-47)55-6-4-5-7-56(55)57-24-22-53(65-34-44(3)28-31-71-65)39-60(57)52-21-25-59(62(67)40-52)58-23-16-49(41-68)38-61(58)66;/h4-7,12-17,19,21,23-40H,8-11H2,1-3H3;/q-3;+3. The molecule has 0 atom stereocenters. The molecule has 0 fully saturated rings. The molecule has 350 valence electrons. The average Bonchev–Trinajstić information content (AvgIpc) is 3.40. The summed E-state index contributed by atoms with van der Waals surface area (Å²) < 4.78 is 31.6. The van der Waals surface area contributed by atoms with Crippen LogP contribution in [0.4, 0.5) is 8.78 Å². The third-order valence-electron chi connectivity index (χ3n) is 12.9. The number of aromatic nitrogens is 3. The largest absolute Gasteiger partial charge is 3.00 e. The second-order valence-corrected chi connectivity index (χ2v) is 18.1. The quantitative estimate of drug-likeness (QED) is 0.108. The topological polar surface area (TPSA) is 62.5 Å². The Labute approximate surface area is 434 Å². The molecule has 0 aliphatic carbocycles. The van der Waals surface area contributed by atoms with E-state index >= 15 is 8.78 Å². The Morgan fingerprint density at radius 2 is 0.917 bits per heavy atom. The van der Waals surface area contributed by atoms with E-state index in [0.29, 0.717) is 5.56 Å². The summed E-state index contributed by atoms with van der Waals surface area (Å²) in [4.78, 5) is 13.8. The molecule has 0 saturated carbocycles. The van der Waals surface area contributed by atoms with Gasteiger partial charge in [-0.2, -0.15) is 5.26 Å². The molecule has 0 aliphatic rings. The van der Waals surface area contributed by atoms with Crippen LogP contribution in [0.25, 0.3) is 78.3 Å². The Hall–Kier alpha value is -8.01. The fourth-order valence-corrected chi connectivity index (χ4v) is 9.15. The van der Waals surface area contributed by atoms with Crippen molar-refractivity contribution in [1.29, 1.82) is 5.26 Å². The molecule has 4 nitrogen and oxygen atoms in total. The van der Waals surface area contributed by atoms with Crippen LogP contribution in [0, 0.1) is 61.9 Å². The Morgan fingerprint density at radius 1 is 0.417 bits per heavy atom. The number of rotatable bonds is 13. The van der Waals surface area contributed by atoms with Gasteiger partial charge in [0, 0.05) is 29.7 Å².